The number of fused-ring (bicyclic) bond motifs is 1. The highest BCUT2D eigenvalue weighted by Crippen LogP contribution is 2.39. The normalized spacial score (nSPS) is 22.8. The number of aryl methyl sites for hydroxylation is 1. The molecule has 94 valence electrons. The van der Waals surface area contributed by atoms with Gasteiger partial charge in [-0.15, -0.1) is 0 Å². The molecule has 1 aliphatic heterocycles. The van der Waals surface area contributed by atoms with E-state index >= 15 is 0 Å². The molecule has 1 aromatic rings. The zero-order valence-electron chi connectivity index (χ0n) is 10.4. The Morgan fingerprint density at radius 2 is 2.24 bits per heavy atom. The van der Waals surface area contributed by atoms with E-state index in [4.69, 9.17) is 14.2 Å². The Morgan fingerprint density at radius 1 is 1.47 bits per heavy atom. The van der Waals surface area contributed by atoms with Crippen molar-refractivity contribution < 1.29 is 19.3 Å². The fourth-order valence-electron chi connectivity index (χ4n) is 2.07. The first-order valence-electron chi connectivity index (χ1n) is 5.72. The van der Waals surface area contributed by atoms with Gasteiger partial charge in [0.2, 0.25) is 0 Å². The molecule has 1 unspecified atom stereocenters. The Hall–Kier alpha value is -1.26. The second kappa shape index (κ2) is 4.94. The van der Waals surface area contributed by atoms with Gasteiger partial charge in [0.1, 0.15) is 11.5 Å². The van der Waals surface area contributed by atoms with Gasteiger partial charge in [-0.1, -0.05) is 6.92 Å². The first-order chi connectivity index (χ1) is 8.11. The molecule has 4 nitrogen and oxygen atoms in total. The Kier molecular flexibility index (Phi) is 3.54. The standard InChI is InChI=1S/C13H18O4/c1-8-5-13(14)17-12-4-9(2)11(6-10(8)12)16-7-15-3/h4,6,8,13-14H,5,7H2,1-3H3/t8-,13?/m0/s1. The van der Waals surface area contributed by atoms with E-state index < -0.39 is 6.29 Å². The van der Waals surface area contributed by atoms with Gasteiger partial charge in [-0.25, -0.2) is 0 Å². The molecule has 1 aliphatic rings. The summed E-state index contributed by atoms with van der Waals surface area (Å²) in [6.45, 7) is 4.25. The topological polar surface area (TPSA) is 47.9 Å². The minimum atomic E-state index is -0.706. The predicted molar refractivity (Wildman–Crippen MR) is 63.3 cm³/mol. The van der Waals surface area contributed by atoms with Crippen molar-refractivity contribution in [1.82, 2.24) is 0 Å². The van der Waals surface area contributed by atoms with Gasteiger partial charge >= 0.3 is 0 Å². The second-order valence-electron chi connectivity index (χ2n) is 4.42. The van der Waals surface area contributed by atoms with Gasteiger partial charge in [0.25, 0.3) is 0 Å². The van der Waals surface area contributed by atoms with Crippen molar-refractivity contribution in [2.24, 2.45) is 0 Å². The lowest BCUT2D eigenvalue weighted by molar-refractivity contribution is -0.0377. The molecule has 0 bridgehead atoms. The van der Waals surface area contributed by atoms with E-state index in [0.717, 1.165) is 22.6 Å². The third-order valence-corrected chi connectivity index (χ3v) is 2.99. The fourth-order valence-corrected chi connectivity index (χ4v) is 2.07. The highest BCUT2D eigenvalue weighted by Gasteiger charge is 2.25. The van der Waals surface area contributed by atoms with E-state index in [1.165, 1.54) is 0 Å². The second-order valence-corrected chi connectivity index (χ2v) is 4.42. The fraction of sp³-hybridized carbons (Fsp3) is 0.538. The van der Waals surface area contributed by atoms with Crippen LogP contribution in [0.3, 0.4) is 0 Å². The molecule has 0 spiro atoms. The molecule has 0 aromatic heterocycles. The van der Waals surface area contributed by atoms with Crippen molar-refractivity contribution in [3.63, 3.8) is 0 Å². The van der Waals surface area contributed by atoms with Crippen molar-refractivity contribution in [1.29, 1.82) is 0 Å². The minimum Gasteiger partial charge on any atom is -0.467 e. The van der Waals surface area contributed by atoms with E-state index in [1.54, 1.807) is 7.11 Å². The van der Waals surface area contributed by atoms with Gasteiger partial charge in [-0.2, -0.15) is 0 Å². The van der Waals surface area contributed by atoms with E-state index in [0.29, 0.717) is 6.42 Å². The lowest BCUT2D eigenvalue weighted by atomic mass is 9.93. The average Bonchev–Trinajstić information content (AvgIpc) is 2.26. The van der Waals surface area contributed by atoms with Gasteiger partial charge in [-0.3, -0.25) is 0 Å². The zero-order chi connectivity index (χ0) is 12.4. The molecule has 4 heteroatoms. The van der Waals surface area contributed by atoms with Crippen molar-refractivity contribution in [3.05, 3.63) is 23.3 Å². The van der Waals surface area contributed by atoms with Crippen LogP contribution in [0.2, 0.25) is 0 Å². The van der Waals surface area contributed by atoms with Crippen molar-refractivity contribution in [2.75, 3.05) is 13.9 Å². The molecule has 0 saturated carbocycles. The molecule has 0 radical (unpaired) electrons. The summed E-state index contributed by atoms with van der Waals surface area (Å²) in [5, 5.41) is 9.55. The van der Waals surface area contributed by atoms with Crippen LogP contribution in [-0.4, -0.2) is 25.3 Å². The Bertz CT molecular complexity index is 403. The third-order valence-electron chi connectivity index (χ3n) is 2.99. The summed E-state index contributed by atoms with van der Waals surface area (Å²) in [5.74, 6) is 1.82. The van der Waals surface area contributed by atoms with Crippen LogP contribution in [0.25, 0.3) is 0 Å². The summed E-state index contributed by atoms with van der Waals surface area (Å²) in [6, 6.07) is 3.87. The lowest BCUT2D eigenvalue weighted by Crippen LogP contribution is -2.24. The highest BCUT2D eigenvalue weighted by molar-refractivity contribution is 5.48. The maximum atomic E-state index is 9.55. The van der Waals surface area contributed by atoms with Gasteiger partial charge < -0.3 is 19.3 Å². The van der Waals surface area contributed by atoms with E-state index in [9.17, 15) is 5.11 Å². The van der Waals surface area contributed by atoms with Crippen LogP contribution in [0.1, 0.15) is 30.4 Å². The minimum absolute atomic E-state index is 0.234. The summed E-state index contributed by atoms with van der Waals surface area (Å²) in [4.78, 5) is 0. The molecule has 2 rings (SSSR count). The molecule has 1 aromatic carbocycles. The van der Waals surface area contributed by atoms with Crippen LogP contribution >= 0.6 is 0 Å². The van der Waals surface area contributed by atoms with Crippen LogP contribution in [0.5, 0.6) is 11.5 Å². The van der Waals surface area contributed by atoms with E-state index in [-0.39, 0.29) is 12.7 Å². The monoisotopic (exact) mass is 238 g/mol. The molecular weight excluding hydrogens is 220 g/mol. The van der Waals surface area contributed by atoms with Crippen molar-refractivity contribution in [3.8, 4) is 11.5 Å². The molecule has 0 fully saturated rings. The number of hydrogen-bond acceptors (Lipinski definition) is 4. The van der Waals surface area contributed by atoms with E-state index in [2.05, 4.69) is 6.92 Å². The summed E-state index contributed by atoms with van der Waals surface area (Å²) in [7, 11) is 1.59. The van der Waals surface area contributed by atoms with Gasteiger partial charge in [0, 0.05) is 19.1 Å². The molecule has 0 amide bonds. The number of ether oxygens (including phenoxy) is 3. The van der Waals surface area contributed by atoms with Crippen LogP contribution in [0.4, 0.5) is 0 Å². The number of methoxy groups -OCH3 is 1. The van der Waals surface area contributed by atoms with Gasteiger partial charge in [0.15, 0.2) is 13.1 Å². The maximum Gasteiger partial charge on any atom is 0.197 e. The van der Waals surface area contributed by atoms with Crippen LogP contribution in [-0.2, 0) is 4.74 Å². The zero-order valence-corrected chi connectivity index (χ0v) is 10.4. The summed E-state index contributed by atoms with van der Waals surface area (Å²) >= 11 is 0. The summed E-state index contributed by atoms with van der Waals surface area (Å²) in [6.07, 6.45) is -0.0950. The first kappa shape index (κ1) is 12.2. The molecule has 0 aliphatic carbocycles. The Morgan fingerprint density at radius 3 is 2.94 bits per heavy atom. The quantitative estimate of drug-likeness (QED) is 0.820. The highest BCUT2D eigenvalue weighted by atomic mass is 16.7. The number of aliphatic hydroxyl groups excluding tert-OH is 1. The Balaban J connectivity index is 2.31. The number of rotatable bonds is 3. The third kappa shape index (κ3) is 2.53. The van der Waals surface area contributed by atoms with Crippen LogP contribution in [0, 0.1) is 6.92 Å². The maximum absolute atomic E-state index is 9.55. The van der Waals surface area contributed by atoms with Gasteiger partial charge in [-0.05, 0) is 30.5 Å². The molecule has 1 N–H and O–H groups in total. The predicted octanol–water partition coefficient (Wildman–Crippen LogP) is 2.18. The molecule has 1 heterocycles. The summed E-state index contributed by atoms with van der Waals surface area (Å²) in [5.41, 5.74) is 2.05. The lowest BCUT2D eigenvalue weighted by Gasteiger charge is -2.28. The molecule has 0 saturated heterocycles. The average molecular weight is 238 g/mol. The number of aliphatic hydroxyl groups is 1. The van der Waals surface area contributed by atoms with Crippen LogP contribution in [0.15, 0.2) is 12.1 Å². The van der Waals surface area contributed by atoms with Crippen molar-refractivity contribution >= 4 is 0 Å². The number of hydrogen-bond donors (Lipinski definition) is 1. The molecule has 2 atom stereocenters. The first-order valence-corrected chi connectivity index (χ1v) is 5.72. The molecule has 17 heavy (non-hydrogen) atoms. The SMILES string of the molecule is COCOc1cc2c(cc1C)OC(O)C[C@@H]2C. The van der Waals surface area contributed by atoms with Crippen molar-refractivity contribution in [2.45, 2.75) is 32.5 Å². The largest absolute Gasteiger partial charge is 0.467 e. The smallest absolute Gasteiger partial charge is 0.197 e. The van der Waals surface area contributed by atoms with Crippen LogP contribution < -0.4 is 9.47 Å². The summed E-state index contributed by atoms with van der Waals surface area (Å²) < 4.78 is 15.8. The van der Waals surface area contributed by atoms with E-state index in [1.807, 2.05) is 19.1 Å². The number of benzene rings is 1. The molecular formula is C13H18O4. The Labute approximate surface area is 101 Å². The van der Waals surface area contributed by atoms with Gasteiger partial charge in [0.05, 0.1) is 0 Å².